The Morgan fingerprint density at radius 2 is 1.69 bits per heavy atom. The highest BCUT2D eigenvalue weighted by Crippen LogP contribution is 2.63. The fourth-order valence-electron chi connectivity index (χ4n) is 9.18. The molecule has 0 bridgehead atoms. The van der Waals surface area contributed by atoms with E-state index in [2.05, 4.69) is 13.8 Å². The molecule has 1 amide bonds. The monoisotopic (exact) mass is 621 g/mol. The Labute approximate surface area is 270 Å². The second-order valence-corrected chi connectivity index (χ2v) is 14.4. The molecule has 6 unspecified atom stereocenters. The van der Waals surface area contributed by atoms with E-state index in [4.69, 9.17) is 4.74 Å². The maximum absolute atomic E-state index is 16.1. The van der Waals surface area contributed by atoms with Crippen molar-refractivity contribution in [3.63, 3.8) is 0 Å². The molecule has 7 atom stereocenters. The summed E-state index contributed by atoms with van der Waals surface area (Å²) in [6, 6.07) is 13.1. The van der Waals surface area contributed by atoms with Crippen molar-refractivity contribution in [3.05, 3.63) is 59.2 Å². The summed E-state index contributed by atoms with van der Waals surface area (Å²) in [4.78, 5) is 15.5. The topological polar surface area (TPSA) is 70.0 Å². The Hall–Kier alpha value is -2.60. The highest BCUT2D eigenvalue weighted by molar-refractivity contribution is 5.94. The molecular weight excluding hydrogens is 565 g/mol. The van der Waals surface area contributed by atoms with Crippen molar-refractivity contribution >= 4 is 5.91 Å². The molecule has 0 heterocycles. The largest absolute Gasteiger partial charge is 0.508 e. The Balaban J connectivity index is 1.18. The number of ether oxygens (including phenoxy) is 1. The zero-order chi connectivity index (χ0) is 32.0. The van der Waals surface area contributed by atoms with E-state index >= 15 is 4.39 Å². The molecule has 2 aromatic carbocycles. The van der Waals surface area contributed by atoms with Crippen molar-refractivity contribution < 1.29 is 24.1 Å². The summed E-state index contributed by atoms with van der Waals surface area (Å²) >= 11 is 0. The number of aliphatic hydroxyl groups excluding tert-OH is 1. The smallest absolute Gasteiger partial charge is 0.253 e. The van der Waals surface area contributed by atoms with Crippen LogP contribution in [0.3, 0.4) is 0 Å². The van der Waals surface area contributed by atoms with Crippen LogP contribution in [0.1, 0.15) is 125 Å². The molecule has 248 valence electrons. The van der Waals surface area contributed by atoms with Crippen molar-refractivity contribution in [2.24, 2.45) is 23.2 Å². The van der Waals surface area contributed by atoms with Gasteiger partial charge in [-0.25, -0.2) is 4.39 Å². The van der Waals surface area contributed by atoms with Gasteiger partial charge in [0.2, 0.25) is 0 Å². The van der Waals surface area contributed by atoms with Crippen LogP contribution in [0.5, 0.6) is 11.5 Å². The SMILES string of the molecule is CCCCCCN(CCCCCCC1Cc2cc(O)ccc2C2C(F)C[C@]3(C)C(O)CCC3C12)C(=O)c1ccc(OCC)cc1. The van der Waals surface area contributed by atoms with Crippen molar-refractivity contribution in [1.82, 2.24) is 4.90 Å². The molecule has 0 aromatic heterocycles. The van der Waals surface area contributed by atoms with Gasteiger partial charge in [-0.2, -0.15) is 0 Å². The first-order chi connectivity index (χ1) is 21.8. The highest BCUT2D eigenvalue weighted by Gasteiger charge is 2.59. The van der Waals surface area contributed by atoms with Gasteiger partial charge in [-0.3, -0.25) is 4.79 Å². The normalized spacial score (nSPS) is 28.6. The maximum atomic E-state index is 16.1. The lowest BCUT2D eigenvalue weighted by Gasteiger charge is -2.54. The molecule has 2 fully saturated rings. The molecule has 2 saturated carbocycles. The first-order valence-corrected chi connectivity index (χ1v) is 17.9. The third-order valence-electron chi connectivity index (χ3n) is 11.5. The predicted molar refractivity (Wildman–Crippen MR) is 179 cm³/mol. The van der Waals surface area contributed by atoms with Crippen LogP contribution in [-0.2, 0) is 6.42 Å². The van der Waals surface area contributed by atoms with Crippen molar-refractivity contribution in [2.45, 2.75) is 122 Å². The van der Waals surface area contributed by atoms with Gasteiger partial charge in [0.1, 0.15) is 17.7 Å². The van der Waals surface area contributed by atoms with Crippen molar-refractivity contribution in [3.8, 4) is 11.5 Å². The first-order valence-electron chi connectivity index (χ1n) is 17.9. The van der Waals surface area contributed by atoms with Crippen molar-refractivity contribution in [1.29, 1.82) is 0 Å². The number of fused-ring (bicyclic) bond motifs is 5. The molecule has 0 radical (unpaired) electrons. The van der Waals surface area contributed by atoms with Crippen molar-refractivity contribution in [2.75, 3.05) is 19.7 Å². The second kappa shape index (κ2) is 15.3. The lowest BCUT2D eigenvalue weighted by atomic mass is 9.51. The molecule has 5 nitrogen and oxygen atoms in total. The van der Waals surface area contributed by atoms with E-state index in [1.807, 2.05) is 48.2 Å². The first kappa shape index (κ1) is 33.8. The second-order valence-electron chi connectivity index (χ2n) is 14.4. The predicted octanol–water partition coefficient (Wildman–Crippen LogP) is 8.86. The number of aliphatic hydroxyl groups is 1. The van der Waals surface area contributed by atoms with Gasteiger partial charge in [0.15, 0.2) is 0 Å². The number of phenolic OH excluding ortho intramolecular Hbond substituents is 1. The number of hydrogen-bond donors (Lipinski definition) is 2. The third kappa shape index (κ3) is 7.53. The molecule has 2 aromatic rings. The van der Waals surface area contributed by atoms with Crippen LogP contribution >= 0.6 is 0 Å². The van der Waals surface area contributed by atoms with Crippen LogP contribution in [0.4, 0.5) is 4.39 Å². The lowest BCUT2D eigenvalue weighted by Crippen LogP contribution is -2.51. The number of carbonyl (C=O) groups excluding carboxylic acids is 1. The number of phenols is 1. The molecule has 3 aliphatic carbocycles. The standard InChI is InChI=1S/C39H56FNO4/c1-4-6-7-11-22-41(38(44)27-14-17-31(18-15-27)45-5-2)23-12-9-8-10-13-28-24-29-25-30(42)16-19-32(29)37-34(40)26-39(3)33(36(28)37)20-21-35(39)43/h14-19,25,28,33-37,42-43H,4-13,20-24,26H2,1-3H3/t28?,33?,34?,35?,36?,37?,39-/m0/s1. The van der Waals surface area contributed by atoms with Gasteiger partial charge < -0.3 is 19.8 Å². The summed E-state index contributed by atoms with van der Waals surface area (Å²) in [5.41, 5.74) is 2.57. The van der Waals surface area contributed by atoms with E-state index in [1.54, 1.807) is 6.07 Å². The zero-order valence-electron chi connectivity index (χ0n) is 27.9. The molecular formula is C39H56FNO4. The van der Waals surface area contributed by atoms with E-state index in [0.29, 0.717) is 24.9 Å². The summed E-state index contributed by atoms with van der Waals surface area (Å²) in [5, 5.41) is 21.2. The quantitative estimate of drug-likeness (QED) is 0.195. The minimum Gasteiger partial charge on any atom is -0.508 e. The fraction of sp³-hybridized carbons (Fsp3) is 0.667. The number of hydrogen-bond acceptors (Lipinski definition) is 4. The third-order valence-corrected chi connectivity index (χ3v) is 11.5. The lowest BCUT2D eigenvalue weighted by molar-refractivity contribution is -0.0722. The van der Waals surface area contributed by atoms with Gasteiger partial charge in [-0.15, -0.1) is 0 Å². The Morgan fingerprint density at radius 1 is 0.978 bits per heavy atom. The van der Waals surface area contributed by atoms with E-state index in [-0.39, 0.29) is 28.9 Å². The molecule has 3 aliphatic rings. The highest BCUT2D eigenvalue weighted by atomic mass is 19.1. The van der Waals surface area contributed by atoms with Crippen LogP contribution in [0.25, 0.3) is 0 Å². The summed E-state index contributed by atoms with van der Waals surface area (Å²) in [5.74, 6) is 1.94. The van der Waals surface area contributed by atoms with Gasteiger partial charge in [0.05, 0.1) is 12.7 Å². The van der Waals surface area contributed by atoms with Crippen LogP contribution in [0, 0.1) is 23.2 Å². The number of aromatic hydroxyl groups is 1. The Morgan fingerprint density at radius 3 is 2.40 bits per heavy atom. The summed E-state index contributed by atoms with van der Waals surface area (Å²) in [6.45, 7) is 8.46. The number of benzene rings is 2. The molecule has 45 heavy (non-hydrogen) atoms. The molecule has 2 N–H and O–H groups in total. The van der Waals surface area contributed by atoms with E-state index in [1.165, 1.54) is 12.8 Å². The summed E-state index contributed by atoms with van der Waals surface area (Å²) < 4.78 is 21.6. The van der Waals surface area contributed by atoms with Gasteiger partial charge >= 0.3 is 0 Å². The van der Waals surface area contributed by atoms with Crippen LogP contribution < -0.4 is 4.74 Å². The number of nitrogens with zero attached hydrogens (tertiary/aromatic N) is 1. The van der Waals surface area contributed by atoms with Gasteiger partial charge in [0, 0.05) is 24.6 Å². The minimum atomic E-state index is -0.966. The van der Waals surface area contributed by atoms with E-state index in [0.717, 1.165) is 99.7 Å². The minimum absolute atomic E-state index is 0.101. The summed E-state index contributed by atoms with van der Waals surface area (Å²) in [6.07, 6.45) is 11.5. The maximum Gasteiger partial charge on any atom is 0.253 e. The molecule has 0 spiro atoms. The number of carbonyl (C=O) groups is 1. The Kier molecular flexibility index (Phi) is 11.5. The number of halogens is 1. The summed E-state index contributed by atoms with van der Waals surface area (Å²) in [7, 11) is 0. The van der Waals surface area contributed by atoms with Gasteiger partial charge in [-0.1, -0.05) is 58.4 Å². The van der Waals surface area contributed by atoms with E-state index in [9.17, 15) is 15.0 Å². The average Bonchev–Trinajstić information content (AvgIpc) is 3.32. The molecule has 6 heteroatoms. The van der Waals surface area contributed by atoms with Gasteiger partial charge in [-0.05, 0) is 123 Å². The fourth-order valence-corrected chi connectivity index (χ4v) is 9.18. The zero-order valence-corrected chi connectivity index (χ0v) is 27.9. The molecule has 0 aliphatic heterocycles. The average molecular weight is 622 g/mol. The van der Waals surface area contributed by atoms with E-state index < -0.39 is 12.3 Å². The number of rotatable bonds is 15. The molecule has 0 saturated heterocycles. The van der Waals surface area contributed by atoms with Crippen LogP contribution in [0.2, 0.25) is 0 Å². The number of amides is 1. The van der Waals surface area contributed by atoms with Crippen LogP contribution in [0.15, 0.2) is 42.5 Å². The van der Waals surface area contributed by atoms with Crippen LogP contribution in [-0.4, -0.2) is 53.0 Å². The number of unbranched alkanes of at least 4 members (excludes halogenated alkanes) is 6. The van der Waals surface area contributed by atoms with Gasteiger partial charge in [0.25, 0.3) is 5.91 Å². The molecule has 5 rings (SSSR count). The Bertz CT molecular complexity index is 1250. The number of alkyl halides is 1.